The van der Waals surface area contributed by atoms with Crippen molar-refractivity contribution in [2.75, 3.05) is 13.2 Å². The molecule has 0 amide bonds. The van der Waals surface area contributed by atoms with Crippen LogP contribution >= 0.6 is 0 Å². The van der Waals surface area contributed by atoms with Crippen LogP contribution in [0.15, 0.2) is 0 Å². The first-order chi connectivity index (χ1) is 5.29. The first-order valence-electron chi connectivity index (χ1n) is 3.62. The Labute approximate surface area is 63.5 Å². The first kappa shape index (κ1) is 6.79. The van der Waals surface area contributed by atoms with Crippen LogP contribution in [0.3, 0.4) is 0 Å². The van der Waals surface area contributed by atoms with E-state index >= 15 is 0 Å². The summed E-state index contributed by atoms with van der Waals surface area (Å²) >= 11 is 0. The standard InChI is InChI=1S/C7H8O4/c8-6-4-1-2-10-3-5(4)7(9)11-6/h4-5H,1-3H2. The molecule has 0 aromatic carbocycles. The third-order valence-electron chi connectivity index (χ3n) is 2.16. The summed E-state index contributed by atoms with van der Waals surface area (Å²) < 4.78 is 9.50. The Balaban J connectivity index is 2.19. The lowest BCUT2D eigenvalue weighted by Crippen LogP contribution is -2.29. The summed E-state index contributed by atoms with van der Waals surface area (Å²) in [5.41, 5.74) is 0. The van der Waals surface area contributed by atoms with Gasteiger partial charge in [0, 0.05) is 6.61 Å². The highest BCUT2D eigenvalue weighted by Gasteiger charge is 2.45. The van der Waals surface area contributed by atoms with Crippen molar-refractivity contribution < 1.29 is 19.1 Å². The fourth-order valence-corrected chi connectivity index (χ4v) is 1.50. The smallest absolute Gasteiger partial charge is 0.319 e. The van der Waals surface area contributed by atoms with E-state index in [-0.39, 0.29) is 17.8 Å². The summed E-state index contributed by atoms with van der Waals surface area (Å²) in [6.07, 6.45) is 0.620. The van der Waals surface area contributed by atoms with Crippen LogP contribution < -0.4 is 0 Å². The molecular weight excluding hydrogens is 148 g/mol. The fourth-order valence-electron chi connectivity index (χ4n) is 1.50. The Bertz CT molecular complexity index is 188. The molecule has 0 saturated carbocycles. The summed E-state index contributed by atoms with van der Waals surface area (Å²) in [5, 5.41) is 0. The number of cyclic esters (lactones) is 2. The normalized spacial score (nSPS) is 36.7. The van der Waals surface area contributed by atoms with Gasteiger partial charge in [0.25, 0.3) is 0 Å². The number of carbonyl (C=O) groups is 2. The molecule has 2 saturated heterocycles. The van der Waals surface area contributed by atoms with E-state index in [1.807, 2.05) is 0 Å². The van der Waals surface area contributed by atoms with Gasteiger partial charge in [0.05, 0.1) is 18.4 Å². The first-order valence-corrected chi connectivity index (χ1v) is 3.62. The monoisotopic (exact) mass is 156 g/mol. The highest BCUT2D eigenvalue weighted by Crippen LogP contribution is 2.29. The van der Waals surface area contributed by atoms with Gasteiger partial charge in [-0.1, -0.05) is 0 Å². The maximum atomic E-state index is 10.9. The molecule has 2 atom stereocenters. The molecule has 60 valence electrons. The molecule has 0 aromatic rings. The molecule has 0 aromatic heterocycles. The SMILES string of the molecule is O=C1OC(=O)C2COCCC12. The predicted octanol–water partition coefficient (Wildman–Crippen LogP) is -0.278. The minimum absolute atomic E-state index is 0.226. The zero-order valence-corrected chi connectivity index (χ0v) is 5.91. The van der Waals surface area contributed by atoms with E-state index in [1.165, 1.54) is 0 Å². The van der Waals surface area contributed by atoms with Gasteiger partial charge < -0.3 is 9.47 Å². The summed E-state index contributed by atoms with van der Waals surface area (Å²) in [6.45, 7) is 0.902. The summed E-state index contributed by atoms with van der Waals surface area (Å²) in [5.74, 6) is -1.34. The van der Waals surface area contributed by atoms with Gasteiger partial charge in [0.1, 0.15) is 0 Å². The Morgan fingerprint density at radius 3 is 2.64 bits per heavy atom. The van der Waals surface area contributed by atoms with Crippen molar-refractivity contribution >= 4 is 11.9 Å². The van der Waals surface area contributed by atoms with Crippen LogP contribution in [0, 0.1) is 11.8 Å². The molecule has 0 radical (unpaired) electrons. The quantitative estimate of drug-likeness (QED) is 0.357. The molecule has 4 nitrogen and oxygen atoms in total. The molecular formula is C7H8O4. The van der Waals surface area contributed by atoms with Crippen molar-refractivity contribution in [3.05, 3.63) is 0 Å². The molecule has 11 heavy (non-hydrogen) atoms. The van der Waals surface area contributed by atoms with Crippen molar-refractivity contribution in [2.45, 2.75) is 6.42 Å². The van der Waals surface area contributed by atoms with Gasteiger partial charge in [0.2, 0.25) is 0 Å². The second-order valence-electron chi connectivity index (χ2n) is 2.82. The molecule has 4 heteroatoms. The number of esters is 2. The third kappa shape index (κ3) is 0.939. The van der Waals surface area contributed by atoms with Crippen molar-refractivity contribution in [3.8, 4) is 0 Å². The lowest BCUT2D eigenvalue weighted by molar-refractivity contribution is -0.153. The topological polar surface area (TPSA) is 52.6 Å². The van der Waals surface area contributed by atoms with Crippen molar-refractivity contribution in [1.82, 2.24) is 0 Å². The van der Waals surface area contributed by atoms with Crippen molar-refractivity contribution in [2.24, 2.45) is 11.8 Å². The lowest BCUT2D eigenvalue weighted by atomic mass is 9.91. The van der Waals surface area contributed by atoms with E-state index < -0.39 is 5.97 Å². The van der Waals surface area contributed by atoms with Gasteiger partial charge in [-0.25, -0.2) is 0 Å². The van der Waals surface area contributed by atoms with Crippen LogP contribution in [-0.4, -0.2) is 25.2 Å². The maximum Gasteiger partial charge on any atom is 0.319 e. The predicted molar refractivity (Wildman–Crippen MR) is 33.5 cm³/mol. The summed E-state index contributed by atoms with van der Waals surface area (Å²) in [7, 11) is 0. The Hall–Kier alpha value is -0.900. The number of rotatable bonds is 0. The summed E-state index contributed by atoms with van der Waals surface area (Å²) in [4.78, 5) is 21.8. The molecule has 0 aliphatic carbocycles. The van der Waals surface area contributed by atoms with Gasteiger partial charge in [0.15, 0.2) is 0 Å². The van der Waals surface area contributed by atoms with E-state index in [0.29, 0.717) is 19.6 Å². The highest BCUT2D eigenvalue weighted by atomic mass is 16.6. The molecule has 2 unspecified atom stereocenters. The molecule has 2 heterocycles. The number of fused-ring (bicyclic) bond motifs is 1. The number of hydrogen-bond donors (Lipinski definition) is 0. The molecule has 2 rings (SSSR count). The van der Waals surface area contributed by atoms with Crippen LogP contribution in [-0.2, 0) is 19.1 Å². The van der Waals surface area contributed by atoms with E-state index in [0.717, 1.165) is 0 Å². The van der Waals surface area contributed by atoms with Gasteiger partial charge in [-0.05, 0) is 6.42 Å². The highest BCUT2D eigenvalue weighted by molar-refractivity contribution is 5.96. The largest absolute Gasteiger partial charge is 0.393 e. The molecule has 2 fully saturated rings. The minimum atomic E-state index is -0.417. The average molecular weight is 156 g/mol. The molecule has 0 spiro atoms. The van der Waals surface area contributed by atoms with E-state index in [9.17, 15) is 9.59 Å². The zero-order valence-electron chi connectivity index (χ0n) is 5.91. The summed E-state index contributed by atoms with van der Waals surface area (Å²) in [6, 6.07) is 0. The fraction of sp³-hybridized carbons (Fsp3) is 0.714. The van der Waals surface area contributed by atoms with Crippen LogP contribution in [0.2, 0.25) is 0 Å². The van der Waals surface area contributed by atoms with Crippen LogP contribution in [0.1, 0.15) is 6.42 Å². The Morgan fingerprint density at radius 2 is 1.91 bits per heavy atom. The number of ether oxygens (including phenoxy) is 2. The number of carbonyl (C=O) groups excluding carboxylic acids is 2. The van der Waals surface area contributed by atoms with Gasteiger partial charge in [-0.2, -0.15) is 0 Å². The van der Waals surface area contributed by atoms with Gasteiger partial charge >= 0.3 is 11.9 Å². The van der Waals surface area contributed by atoms with E-state index in [1.54, 1.807) is 0 Å². The lowest BCUT2D eigenvalue weighted by Gasteiger charge is -2.18. The van der Waals surface area contributed by atoms with E-state index in [4.69, 9.17) is 4.74 Å². The van der Waals surface area contributed by atoms with Crippen molar-refractivity contribution in [1.29, 1.82) is 0 Å². The van der Waals surface area contributed by atoms with Gasteiger partial charge in [-0.15, -0.1) is 0 Å². The zero-order chi connectivity index (χ0) is 7.84. The van der Waals surface area contributed by atoms with Gasteiger partial charge in [-0.3, -0.25) is 9.59 Å². The second kappa shape index (κ2) is 2.30. The van der Waals surface area contributed by atoms with Crippen LogP contribution in [0.5, 0.6) is 0 Å². The second-order valence-corrected chi connectivity index (χ2v) is 2.82. The third-order valence-corrected chi connectivity index (χ3v) is 2.16. The Kier molecular flexibility index (Phi) is 1.42. The number of hydrogen-bond acceptors (Lipinski definition) is 4. The molecule has 2 aliphatic rings. The molecule has 2 aliphatic heterocycles. The molecule has 0 bridgehead atoms. The average Bonchev–Trinajstić information content (AvgIpc) is 2.30. The maximum absolute atomic E-state index is 10.9. The van der Waals surface area contributed by atoms with Crippen molar-refractivity contribution in [3.63, 3.8) is 0 Å². The molecule has 0 N–H and O–H groups in total. The van der Waals surface area contributed by atoms with E-state index in [2.05, 4.69) is 4.74 Å². The van der Waals surface area contributed by atoms with Crippen LogP contribution in [0.25, 0.3) is 0 Å². The minimum Gasteiger partial charge on any atom is -0.393 e. The van der Waals surface area contributed by atoms with Crippen LogP contribution in [0.4, 0.5) is 0 Å². The Morgan fingerprint density at radius 1 is 1.18 bits per heavy atom.